The van der Waals surface area contributed by atoms with Crippen LogP contribution in [-0.4, -0.2) is 75.0 Å². The van der Waals surface area contributed by atoms with Gasteiger partial charge in [-0.2, -0.15) is 13.1 Å². The Balaban J connectivity index is 1.66. The summed E-state index contributed by atoms with van der Waals surface area (Å²) >= 11 is 0. The average Bonchev–Trinajstić information content (AvgIpc) is 3.27. The van der Waals surface area contributed by atoms with Gasteiger partial charge in [0.25, 0.3) is 5.91 Å². The number of nitrogens with one attached hydrogen (secondary N) is 2. The van der Waals surface area contributed by atoms with Gasteiger partial charge < -0.3 is 26.4 Å². The van der Waals surface area contributed by atoms with E-state index >= 15 is 0 Å². The van der Waals surface area contributed by atoms with Crippen molar-refractivity contribution < 1.29 is 28.2 Å². The maximum Gasteiger partial charge on any atom is 0.301 e. The lowest BCUT2D eigenvalue weighted by Crippen LogP contribution is -2.51. The number of hydrogen-bond acceptors (Lipinski definition) is 11. The van der Waals surface area contributed by atoms with E-state index in [1.165, 1.54) is 17.2 Å². The molecule has 172 valence electrons. The van der Waals surface area contributed by atoms with Crippen LogP contribution in [0.3, 0.4) is 0 Å². The van der Waals surface area contributed by atoms with E-state index in [0.29, 0.717) is 6.42 Å². The predicted molar refractivity (Wildman–Crippen MR) is 108 cm³/mol. The van der Waals surface area contributed by atoms with Gasteiger partial charge in [0, 0.05) is 6.54 Å². The Morgan fingerprint density at radius 1 is 1.32 bits per heavy atom. The third kappa shape index (κ3) is 4.76. The van der Waals surface area contributed by atoms with Crippen molar-refractivity contribution in [2.24, 2.45) is 11.7 Å². The molecule has 3 rings (SSSR count). The fourth-order valence-corrected chi connectivity index (χ4v) is 3.98. The monoisotopic (exact) mass is 458 g/mol. The maximum absolute atomic E-state index is 12.2. The zero-order valence-electron chi connectivity index (χ0n) is 16.9. The number of imidazole rings is 1. The van der Waals surface area contributed by atoms with Gasteiger partial charge in [-0.15, -0.1) is 0 Å². The summed E-state index contributed by atoms with van der Waals surface area (Å²) in [7, 11) is -4.27. The smallest absolute Gasteiger partial charge is 0.301 e. The minimum atomic E-state index is -4.27. The molecule has 1 amide bonds. The number of aliphatic hydroxyl groups excluding tert-OH is 2. The number of carbonyl (C=O) groups excluding carboxylic acids is 1. The summed E-state index contributed by atoms with van der Waals surface area (Å²) in [6.07, 6.45) is -1.92. The van der Waals surface area contributed by atoms with E-state index in [1.54, 1.807) is 6.92 Å². The Bertz CT molecular complexity index is 1050. The van der Waals surface area contributed by atoms with E-state index in [4.69, 9.17) is 16.2 Å². The molecule has 8 N–H and O–H groups in total. The Labute approximate surface area is 178 Å². The Morgan fingerprint density at radius 2 is 2.03 bits per heavy atom. The molecule has 1 fully saturated rings. The highest BCUT2D eigenvalue weighted by Crippen LogP contribution is 2.31. The summed E-state index contributed by atoms with van der Waals surface area (Å²) < 4.78 is 35.3. The van der Waals surface area contributed by atoms with Crippen LogP contribution < -0.4 is 20.9 Å². The third-order valence-electron chi connectivity index (χ3n) is 5.27. The molecule has 0 saturated carbocycles. The van der Waals surface area contributed by atoms with E-state index in [2.05, 4.69) is 19.7 Å². The molecule has 0 spiro atoms. The fraction of sp³-hybridized carbons (Fsp3) is 0.625. The van der Waals surface area contributed by atoms with Crippen LogP contribution in [0.15, 0.2) is 12.7 Å². The summed E-state index contributed by atoms with van der Waals surface area (Å²) in [4.78, 5) is 24.0. The lowest BCUT2D eigenvalue weighted by molar-refractivity contribution is -0.121. The standard InChI is InChI=1S/C16H26N8O6S/c1-3-7(2)9(17)15(27)23-31(28,29)22-4-8-11(25)12(26)16(30-8)24-6-21-10-13(18)19-5-20-14(10)24/h5-9,11-12,16,22,25-26H,3-4,17H2,1-2H3,(H,23,27)(H2,18,19,20)/t7-,8+,9+,11+,12-,16-/m1/s1. The molecular weight excluding hydrogens is 432 g/mol. The molecule has 31 heavy (non-hydrogen) atoms. The summed E-state index contributed by atoms with van der Waals surface area (Å²) in [5.41, 5.74) is 12.0. The van der Waals surface area contributed by atoms with Gasteiger partial charge in [0.05, 0.1) is 12.4 Å². The van der Waals surface area contributed by atoms with E-state index in [-0.39, 0.29) is 22.9 Å². The second-order valence-corrected chi connectivity index (χ2v) is 8.86. The molecule has 6 atom stereocenters. The molecule has 3 heterocycles. The molecule has 15 heteroatoms. The zero-order chi connectivity index (χ0) is 22.9. The van der Waals surface area contributed by atoms with Crippen molar-refractivity contribution >= 4 is 33.1 Å². The molecule has 0 unspecified atom stereocenters. The maximum atomic E-state index is 12.2. The van der Waals surface area contributed by atoms with Gasteiger partial charge in [-0.05, 0) is 5.92 Å². The first-order valence-corrected chi connectivity index (χ1v) is 11.1. The summed E-state index contributed by atoms with van der Waals surface area (Å²) in [5.74, 6) is -0.934. The Hall–Kier alpha value is -2.43. The van der Waals surface area contributed by atoms with Crippen molar-refractivity contribution in [3.05, 3.63) is 12.7 Å². The Morgan fingerprint density at radius 3 is 2.71 bits per heavy atom. The molecule has 1 aliphatic heterocycles. The second-order valence-electron chi connectivity index (χ2n) is 7.36. The lowest BCUT2D eigenvalue weighted by atomic mass is 10.00. The number of amides is 1. The molecule has 2 aromatic rings. The SMILES string of the molecule is CC[C@@H](C)[C@H](N)C(=O)NS(=O)(=O)NC[C@@H]1O[C@@H](n2cnc3c(N)ncnc32)[C@H](O)[C@H]1O. The highest BCUT2D eigenvalue weighted by atomic mass is 32.2. The second kappa shape index (κ2) is 8.97. The van der Waals surface area contributed by atoms with Gasteiger partial charge in [-0.1, -0.05) is 20.3 Å². The number of nitrogens with zero attached hydrogens (tertiary/aromatic N) is 4. The molecular formula is C16H26N8O6S. The highest BCUT2D eigenvalue weighted by molar-refractivity contribution is 7.88. The van der Waals surface area contributed by atoms with Gasteiger partial charge in [0.1, 0.15) is 30.2 Å². The molecule has 1 saturated heterocycles. The largest absolute Gasteiger partial charge is 0.387 e. The topological polar surface area (TPSA) is 221 Å². The van der Waals surface area contributed by atoms with Crippen LogP contribution in [0.2, 0.25) is 0 Å². The number of nitrogen functional groups attached to an aromatic ring is 1. The van der Waals surface area contributed by atoms with Crippen LogP contribution in [-0.2, 0) is 19.7 Å². The fourth-order valence-electron chi connectivity index (χ4n) is 3.12. The number of ether oxygens (including phenoxy) is 1. The van der Waals surface area contributed by atoms with Gasteiger partial charge >= 0.3 is 10.2 Å². The van der Waals surface area contributed by atoms with Crippen LogP contribution in [0, 0.1) is 5.92 Å². The van der Waals surface area contributed by atoms with Crippen molar-refractivity contribution in [3.8, 4) is 0 Å². The molecule has 0 bridgehead atoms. The first-order valence-electron chi connectivity index (χ1n) is 9.57. The average molecular weight is 459 g/mol. The summed E-state index contributed by atoms with van der Waals surface area (Å²) in [6.45, 7) is 3.14. The number of hydrogen-bond donors (Lipinski definition) is 6. The van der Waals surface area contributed by atoms with Crippen LogP contribution in [0.4, 0.5) is 5.82 Å². The number of anilines is 1. The molecule has 0 aliphatic carbocycles. The van der Waals surface area contributed by atoms with Crippen LogP contribution in [0.1, 0.15) is 26.5 Å². The van der Waals surface area contributed by atoms with Crippen LogP contribution in [0.25, 0.3) is 11.2 Å². The number of aliphatic hydroxyl groups is 2. The van der Waals surface area contributed by atoms with Crippen molar-refractivity contribution in [2.45, 2.75) is 50.8 Å². The number of aromatic nitrogens is 4. The normalized spacial score (nSPS) is 26.1. The Kier molecular flexibility index (Phi) is 6.73. The first-order chi connectivity index (χ1) is 14.6. The van der Waals surface area contributed by atoms with Crippen molar-refractivity contribution in [1.29, 1.82) is 0 Å². The minimum absolute atomic E-state index is 0.132. The van der Waals surface area contributed by atoms with Crippen molar-refractivity contribution in [2.75, 3.05) is 12.3 Å². The van der Waals surface area contributed by atoms with Gasteiger partial charge in [0.15, 0.2) is 17.7 Å². The molecule has 0 radical (unpaired) electrons. The summed E-state index contributed by atoms with van der Waals surface area (Å²) in [6, 6.07) is -0.995. The number of rotatable bonds is 8. The number of nitrogens with two attached hydrogens (primary N) is 2. The molecule has 2 aromatic heterocycles. The number of fused-ring (bicyclic) bond motifs is 1. The van der Waals surface area contributed by atoms with Gasteiger partial charge in [-0.25, -0.2) is 19.7 Å². The van der Waals surface area contributed by atoms with E-state index in [9.17, 15) is 23.4 Å². The van der Waals surface area contributed by atoms with Crippen molar-refractivity contribution in [1.82, 2.24) is 29.0 Å². The van der Waals surface area contributed by atoms with E-state index in [0.717, 1.165) is 0 Å². The number of carbonyl (C=O) groups is 1. The van der Waals surface area contributed by atoms with Crippen LogP contribution >= 0.6 is 0 Å². The first kappa shape index (κ1) is 23.2. The van der Waals surface area contributed by atoms with Gasteiger partial charge in [-0.3, -0.25) is 9.36 Å². The van der Waals surface area contributed by atoms with Crippen molar-refractivity contribution in [3.63, 3.8) is 0 Å². The molecule has 14 nitrogen and oxygen atoms in total. The van der Waals surface area contributed by atoms with Gasteiger partial charge in [0.2, 0.25) is 0 Å². The quantitative estimate of drug-likeness (QED) is 0.240. The highest BCUT2D eigenvalue weighted by Gasteiger charge is 2.44. The zero-order valence-corrected chi connectivity index (χ0v) is 17.7. The summed E-state index contributed by atoms with van der Waals surface area (Å²) in [5, 5.41) is 20.7. The third-order valence-corrected chi connectivity index (χ3v) is 6.28. The molecule has 0 aromatic carbocycles. The lowest BCUT2D eigenvalue weighted by Gasteiger charge is -2.19. The predicted octanol–water partition coefficient (Wildman–Crippen LogP) is -2.65. The molecule has 1 aliphatic rings. The van der Waals surface area contributed by atoms with E-state index in [1.807, 2.05) is 11.6 Å². The van der Waals surface area contributed by atoms with Crippen LogP contribution in [0.5, 0.6) is 0 Å². The van der Waals surface area contributed by atoms with E-state index < -0.39 is 53.2 Å². The minimum Gasteiger partial charge on any atom is -0.387 e.